The minimum absolute atomic E-state index is 0. The Labute approximate surface area is 93.7 Å². The van der Waals surface area contributed by atoms with Gasteiger partial charge < -0.3 is 1.43 Å². The molecule has 0 saturated carbocycles. The molecule has 0 saturated heterocycles. The zero-order chi connectivity index (χ0) is 6.57. The zero-order valence-corrected chi connectivity index (χ0v) is 10.5. The van der Waals surface area contributed by atoms with Crippen LogP contribution in [0.3, 0.4) is 0 Å². The quantitative estimate of drug-likeness (QED) is 0.331. The van der Waals surface area contributed by atoms with E-state index in [1.807, 2.05) is 0 Å². The van der Waals surface area contributed by atoms with E-state index in [0.717, 1.165) is 0 Å². The second-order valence-electron chi connectivity index (χ2n) is 0.922. The molecule has 2 nitrogen and oxygen atoms in total. The van der Waals surface area contributed by atoms with E-state index in [0.29, 0.717) is 3.37 Å². The van der Waals surface area contributed by atoms with E-state index in [-0.39, 0.29) is 36.6 Å². The molecule has 0 aliphatic rings. The van der Waals surface area contributed by atoms with Crippen molar-refractivity contribution in [3.8, 4) is 12.1 Å². The van der Waals surface area contributed by atoms with Gasteiger partial charge >= 0.3 is 93.2 Å². The maximum absolute atomic E-state index is 8.15. The van der Waals surface area contributed by atoms with Crippen LogP contribution in [0.1, 0.15) is 1.43 Å². The third-order valence-electron chi connectivity index (χ3n) is 0.447. The molecule has 0 aromatic rings. The van der Waals surface area contributed by atoms with Gasteiger partial charge in [-0.1, -0.05) is 0 Å². The molecule has 0 heterocycles. The molecule has 0 aliphatic heterocycles. The van der Waals surface area contributed by atoms with Crippen LogP contribution in [0, 0.1) is 22.7 Å². The van der Waals surface area contributed by atoms with Crippen LogP contribution < -0.4 is 29.6 Å². The molecule has 5 heteroatoms. The SMILES string of the molecule is N#CC(C#N)=C([SeH])[SeH].[H-].[Na+]. The van der Waals surface area contributed by atoms with Crippen LogP contribution in [0.4, 0.5) is 0 Å². The van der Waals surface area contributed by atoms with Crippen molar-refractivity contribution < 1.29 is 31.0 Å². The smallest absolute Gasteiger partial charge is 1.00 e. The minimum atomic E-state index is 0. The molecule has 0 aromatic heterocycles. The Morgan fingerprint density at radius 2 is 1.56 bits per heavy atom. The Morgan fingerprint density at radius 3 is 1.56 bits per heavy atom. The summed E-state index contributed by atoms with van der Waals surface area (Å²) in [5.41, 5.74) is 0.157. The fraction of sp³-hybridized carbons (Fsp3) is 0. The Kier molecular flexibility index (Phi) is 9.50. The normalized spacial score (nSPS) is 5.78. The van der Waals surface area contributed by atoms with Crippen molar-refractivity contribution in [2.24, 2.45) is 0 Å². The summed E-state index contributed by atoms with van der Waals surface area (Å²) < 4.78 is 0.648. The van der Waals surface area contributed by atoms with Crippen molar-refractivity contribution in [1.82, 2.24) is 0 Å². The number of rotatable bonds is 0. The van der Waals surface area contributed by atoms with Crippen molar-refractivity contribution >= 4 is 32.0 Å². The van der Waals surface area contributed by atoms with Crippen LogP contribution in [0.25, 0.3) is 0 Å². The van der Waals surface area contributed by atoms with Gasteiger partial charge in [0.2, 0.25) is 0 Å². The predicted octanol–water partition coefficient (Wildman–Crippen LogP) is -3.84. The van der Waals surface area contributed by atoms with Crippen molar-refractivity contribution in [2.45, 2.75) is 0 Å². The molecule has 0 aromatic carbocycles. The van der Waals surface area contributed by atoms with Crippen LogP contribution >= 0.6 is 0 Å². The molecular formula is C4H3N2NaSe2. The summed E-state index contributed by atoms with van der Waals surface area (Å²) in [5, 5.41) is 16.3. The van der Waals surface area contributed by atoms with E-state index >= 15 is 0 Å². The molecule has 0 rings (SSSR count). The van der Waals surface area contributed by atoms with E-state index in [9.17, 15) is 0 Å². The standard InChI is InChI=1S/C4H2N2Se2.Na.H/c5-1-3(2-6)4(7)8;;/h7-8H;;/q;+1;-1. The van der Waals surface area contributed by atoms with Gasteiger partial charge in [0.15, 0.2) is 0 Å². The third kappa shape index (κ3) is 5.22. The summed E-state index contributed by atoms with van der Waals surface area (Å²) in [6.45, 7) is 0. The number of nitriles is 2. The fourth-order valence-corrected chi connectivity index (χ4v) is 0.545. The first kappa shape index (κ1) is 12.4. The number of hydrogen-bond donors (Lipinski definition) is 0. The topological polar surface area (TPSA) is 47.6 Å². The monoisotopic (exact) mass is 262 g/mol. The van der Waals surface area contributed by atoms with Crippen LogP contribution in [0.5, 0.6) is 0 Å². The largest absolute Gasteiger partial charge is 1.00 e. The van der Waals surface area contributed by atoms with Crippen LogP contribution in [-0.4, -0.2) is 32.0 Å². The van der Waals surface area contributed by atoms with Gasteiger partial charge in [-0.3, -0.25) is 0 Å². The number of hydrogen-bond acceptors (Lipinski definition) is 2. The average molecular weight is 260 g/mol. The van der Waals surface area contributed by atoms with E-state index in [1.165, 1.54) is 0 Å². The molecule has 0 unspecified atom stereocenters. The molecule has 0 N–H and O–H groups in total. The van der Waals surface area contributed by atoms with Gasteiger partial charge in [0.05, 0.1) is 0 Å². The van der Waals surface area contributed by atoms with Crippen molar-refractivity contribution in [3.63, 3.8) is 0 Å². The van der Waals surface area contributed by atoms with E-state index in [4.69, 9.17) is 10.5 Å². The number of allylic oxidation sites excluding steroid dienone is 1. The van der Waals surface area contributed by atoms with Gasteiger partial charge in [-0.25, -0.2) is 0 Å². The maximum atomic E-state index is 8.15. The van der Waals surface area contributed by atoms with Crippen molar-refractivity contribution in [1.29, 1.82) is 10.5 Å². The third-order valence-corrected chi connectivity index (χ3v) is 1.39. The van der Waals surface area contributed by atoms with Crippen LogP contribution in [0.15, 0.2) is 8.94 Å². The van der Waals surface area contributed by atoms with Gasteiger partial charge in [-0.2, -0.15) is 0 Å². The summed E-state index contributed by atoms with van der Waals surface area (Å²) in [4.78, 5) is 0. The molecule has 0 fully saturated rings. The molecular weight excluding hydrogens is 257 g/mol. The van der Waals surface area contributed by atoms with Crippen LogP contribution in [0.2, 0.25) is 0 Å². The van der Waals surface area contributed by atoms with Crippen LogP contribution in [-0.2, 0) is 0 Å². The van der Waals surface area contributed by atoms with Crippen molar-refractivity contribution in [2.75, 3.05) is 0 Å². The number of nitrogens with zero attached hydrogens (tertiary/aromatic N) is 2. The van der Waals surface area contributed by atoms with Crippen molar-refractivity contribution in [3.05, 3.63) is 8.94 Å². The van der Waals surface area contributed by atoms with Gasteiger partial charge in [-0.05, 0) is 0 Å². The molecule has 42 valence electrons. The Hall–Kier alpha value is 0.759. The molecule has 0 amide bonds. The summed E-state index contributed by atoms with van der Waals surface area (Å²) in [6.07, 6.45) is 0. The molecule has 9 heavy (non-hydrogen) atoms. The Balaban J connectivity index is -0.000000245. The summed E-state index contributed by atoms with van der Waals surface area (Å²) in [6, 6.07) is 3.48. The van der Waals surface area contributed by atoms with Gasteiger partial charge in [-0.15, -0.1) is 0 Å². The fourth-order valence-electron chi connectivity index (χ4n) is 0.125. The van der Waals surface area contributed by atoms with E-state index < -0.39 is 0 Å². The molecule has 0 spiro atoms. The zero-order valence-electron chi connectivity index (χ0n) is 5.79. The Bertz CT molecular complexity index is 182. The van der Waals surface area contributed by atoms with Gasteiger partial charge in [0.25, 0.3) is 0 Å². The maximum Gasteiger partial charge on any atom is 1.00 e. The molecule has 0 atom stereocenters. The van der Waals surface area contributed by atoms with Gasteiger partial charge in [0, 0.05) is 0 Å². The first-order valence-corrected chi connectivity index (χ1v) is 3.52. The second kappa shape index (κ2) is 6.87. The van der Waals surface area contributed by atoms with Gasteiger partial charge in [0.1, 0.15) is 0 Å². The molecule has 0 radical (unpaired) electrons. The Morgan fingerprint density at radius 1 is 1.22 bits per heavy atom. The van der Waals surface area contributed by atoms with E-state index in [2.05, 4.69) is 32.0 Å². The summed E-state index contributed by atoms with van der Waals surface area (Å²) in [5.74, 6) is 0. The average Bonchev–Trinajstić information content (AvgIpc) is 1.69. The molecule has 0 aliphatic carbocycles. The summed E-state index contributed by atoms with van der Waals surface area (Å²) in [7, 11) is 0. The molecule has 0 bridgehead atoms. The first-order valence-electron chi connectivity index (χ1n) is 1.64. The van der Waals surface area contributed by atoms with E-state index in [1.54, 1.807) is 12.1 Å². The second-order valence-corrected chi connectivity index (χ2v) is 4.46. The predicted molar refractivity (Wildman–Crippen MR) is 33.7 cm³/mol. The first-order chi connectivity index (χ1) is 3.72. The minimum Gasteiger partial charge on any atom is -1.00 e. The summed E-state index contributed by atoms with van der Waals surface area (Å²) >= 11 is 4.26.